The minimum atomic E-state index is -9.71. The summed E-state index contributed by atoms with van der Waals surface area (Å²) in [5.74, 6) is -0.522. The minimum Gasteiger partial charge on any atom is -0.382 e. The molecule has 1 amide bonds. The Morgan fingerprint density at radius 2 is 1.30 bits per heavy atom. The van der Waals surface area contributed by atoms with Gasteiger partial charge in [0.1, 0.15) is 4.90 Å². The predicted molar refractivity (Wildman–Crippen MR) is 137 cm³/mol. The van der Waals surface area contributed by atoms with Gasteiger partial charge in [-0.3, -0.25) is 4.79 Å². The van der Waals surface area contributed by atoms with Crippen molar-refractivity contribution in [1.29, 1.82) is 4.78 Å². The zero-order valence-corrected chi connectivity index (χ0v) is 21.1. The van der Waals surface area contributed by atoms with Crippen LogP contribution >= 0.6 is 10.2 Å². The molecule has 0 bridgehead atoms. The van der Waals surface area contributed by atoms with Gasteiger partial charge in [0.15, 0.2) is 0 Å². The summed E-state index contributed by atoms with van der Waals surface area (Å²) in [6.07, 6.45) is 2.02. The summed E-state index contributed by atoms with van der Waals surface area (Å²) in [7, 11) is -12.8. The molecule has 37 heavy (non-hydrogen) atoms. The molecule has 200 valence electrons. The molecule has 4 rings (SSSR count). The van der Waals surface area contributed by atoms with E-state index in [1.165, 1.54) is 0 Å². The van der Waals surface area contributed by atoms with Crippen LogP contribution in [0.2, 0.25) is 0 Å². The summed E-state index contributed by atoms with van der Waals surface area (Å²) >= 11 is 0. The molecule has 1 aliphatic carbocycles. The summed E-state index contributed by atoms with van der Waals surface area (Å²) in [6.45, 7) is 0. The standard InChI is InChI=1S/C25H26F5N3O2S2/c26-37(27,28,29,30)24-15-9-21(10-16-24)33-20-7-13-23(14-8-20)36(32,35)22-11-5-18(6-12-22)17-1-3-19(4-2-17)25(31)34/h1-6,9-12,15-16,20,23,32-33H,7-8,13-14H2,(H2,31,34). The van der Waals surface area contributed by atoms with Crippen LogP contribution in [-0.2, 0) is 9.73 Å². The third kappa shape index (κ3) is 6.24. The Kier molecular flexibility index (Phi) is 6.35. The second-order valence-electron chi connectivity index (χ2n) is 9.18. The van der Waals surface area contributed by atoms with Gasteiger partial charge in [-0.05, 0) is 85.3 Å². The van der Waals surface area contributed by atoms with E-state index >= 15 is 0 Å². The molecule has 1 atom stereocenters. The van der Waals surface area contributed by atoms with E-state index in [0.29, 0.717) is 54.0 Å². The summed E-state index contributed by atoms with van der Waals surface area (Å²) in [5.41, 5.74) is 7.61. The number of primary amides is 1. The number of hydrogen-bond acceptors (Lipinski definition) is 4. The normalized spacial score (nSPS) is 21.8. The van der Waals surface area contributed by atoms with E-state index in [0.717, 1.165) is 23.3 Å². The Balaban J connectivity index is 1.37. The molecule has 0 radical (unpaired) electrons. The lowest BCUT2D eigenvalue weighted by molar-refractivity contribution is 0.1000. The van der Waals surface area contributed by atoms with E-state index in [9.17, 15) is 28.4 Å². The molecule has 12 heteroatoms. The largest absolute Gasteiger partial charge is 0.382 e. The lowest BCUT2D eigenvalue weighted by Gasteiger charge is -2.40. The Hall–Kier alpha value is -3.12. The van der Waals surface area contributed by atoms with Crippen LogP contribution in [0.1, 0.15) is 36.0 Å². The highest BCUT2D eigenvalue weighted by Crippen LogP contribution is 3.02. The van der Waals surface area contributed by atoms with Crippen molar-refractivity contribution >= 4 is 31.5 Å². The average molecular weight is 560 g/mol. The van der Waals surface area contributed by atoms with Crippen LogP contribution < -0.4 is 11.1 Å². The van der Waals surface area contributed by atoms with Crippen LogP contribution in [0, 0.1) is 4.78 Å². The van der Waals surface area contributed by atoms with Gasteiger partial charge in [-0.25, -0.2) is 8.99 Å². The first-order valence-corrected chi connectivity index (χ1v) is 15.0. The van der Waals surface area contributed by atoms with Crippen molar-refractivity contribution in [3.63, 3.8) is 0 Å². The van der Waals surface area contributed by atoms with E-state index in [1.807, 2.05) is 0 Å². The maximum atomic E-state index is 13.4. The van der Waals surface area contributed by atoms with Crippen molar-refractivity contribution < 1.29 is 28.4 Å². The Morgan fingerprint density at radius 1 is 0.811 bits per heavy atom. The van der Waals surface area contributed by atoms with Gasteiger partial charge in [0.25, 0.3) is 0 Å². The topological polar surface area (TPSA) is 96.0 Å². The van der Waals surface area contributed by atoms with E-state index < -0.39 is 30.8 Å². The van der Waals surface area contributed by atoms with Crippen LogP contribution in [0.15, 0.2) is 82.6 Å². The summed E-state index contributed by atoms with van der Waals surface area (Å²) < 4.78 is 86.5. The van der Waals surface area contributed by atoms with Crippen molar-refractivity contribution in [2.75, 3.05) is 5.32 Å². The van der Waals surface area contributed by atoms with Crippen LogP contribution in [0.4, 0.5) is 25.1 Å². The predicted octanol–water partition coefficient (Wildman–Crippen LogP) is 7.94. The van der Waals surface area contributed by atoms with E-state index in [4.69, 9.17) is 10.5 Å². The number of anilines is 1. The number of benzene rings is 3. The SMILES string of the molecule is N=S(=O)(c1ccc(-c2ccc(C(N)=O)cc2)cc1)C1CCC(Nc2ccc(S(F)(F)(F)(F)F)cc2)CC1. The molecule has 3 aromatic carbocycles. The first-order valence-electron chi connectivity index (χ1n) is 11.4. The van der Waals surface area contributed by atoms with Gasteiger partial charge in [-0.1, -0.05) is 43.7 Å². The second kappa shape index (κ2) is 8.73. The molecule has 0 aromatic heterocycles. The van der Waals surface area contributed by atoms with E-state index in [-0.39, 0.29) is 11.3 Å². The smallest absolute Gasteiger partial charge is 0.310 e. The number of carbonyl (C=O) groups is 1. The van der Waals surface area contributed by atoms with Gasteiger partial charge in [-0.15, -0.1) is 0 Å². The molecule has 0 heterocycles. The Labute approximate surface area is 212 Å². The van der Waals surface area contributed by atoms with Crippen molar-refractivity contribution in [3.05, 3.63) is 78.4 Å². The monoisotopic (exact) mass is 559 g/mol. The third-order valence-electron chi connectivity index (χ3n) is 6.52. The van der Waals surface area contributed by atoms with Crippen molar-refractivity contribution in [2.45, 2.75) is 46.8 Å². The molecule has 0 aliphatic heterocycles. The van der Waals surface area contributed by atoms with Gasteiger partial charge >= 0.3 is 10.2 Å². The molecule has 0 spiro atoms. The molecule has 5 nitrogen and oxygen atoms in total. The van der Waals surface area contributed by atoms with Gasteiger partial charge in [0, 0.05) is 27.4 Å². The molecule has 1 unspecified atom stereocenters. The maximum absolute atomic E-state index is 13.4. The van der Waals surface area contributed by atoms with Gasteiger partial charge in [0.2, 0.25) is 5.91 Å². The molecule has 1 aliphatic rings. The first kappa shape index (κ1) is 26.9. The van der Waals surface area contributed by atoms with Gasteiger partial charge in [0.05, 0.1) is 9.73 Å². The van der Waals surface area contributed by atoms with Crippen LogP contribution in [0.5, 0.6) is 0 Å². The van der Waals surface area contributed by atoms with Crippen molar-refractivity contribution in [2.24, 2.45) is 5.73 Å². The highest BCUT2D eigenvalue weighted by molar-refractivity contribution is 8.45. The number of halogens is 5. The third-order valence-corrected chi connectivity index (χ3v) is 10.1. The van der Waals surface area contributed by atoms with Crippen molar-refractivity contribution in [3.8, 4) is 11.1 Å². The fourth-order valence-corrected chi connectivity index (χ4v) is 6.96. The van der Waals surface area contributed by atoms with Gasteiger partial charge < -0.3 is 11.1 Å². The Bertz CT molecular complexity index is 1400. The lowest BCUT2D eigenvalue weighted by atomic mass is 9.95. The second-order valence-corrected chi connectivity index (χ2v) is 13.9. The zero-order valence-electron chi connectivity index (χ0n) is 19.5. The van der Waals surface area contributed by atoms with Gasteiger partial charge in [-0.2, -0.15) is 0 Å². The van der Waals surface area contributed by atoms with Crippen LogP contribution in [0.25, 0.3) is 11.1 Å². The Morgan fingerprint density at radius 3 is 1.76 bits per heavy atom. The first-order chi connectivity index (χ1) is 17.0. The molecular formula is C25H26F5N3O2S2. The molecule has 0 saturated heterocycles. The summed E-state index contributed by atoms with van der Waals surface area (Å²) in [4.78, 5) is 9.71. The summed E-state index contributed by atoms with van der Waals surface area (Å²) in [5, 5.41) is 2.66. The molecular weight excluding hydrogens is 533 g/mol. The number of rotatable bonds is 7. The molecule has 1 saturated carbocycles. The molecule has 3 aromatic rings. The van der Waals surface area contributed by atoms with Crippen LogP contribution in [0.3, 0.4) is 0 Å². The average Bonchev–Trinajstić information content (AvgIpc) is 2.83. The fraction of sp³-hybridized carbons (Fsp3) is 0.240. The molecule has 4 N–H and O–H groups in total. The van der Waals surface area contributed by atoms with E-state index in [1.54, 1.807) is 48.5 Å². The van der Waals surface area contributed by atoms with E-state index in [2.05, 4.69) is 5.32 Å². The molecule has 1 fully saturated rings. The number of amides is 1. The quantitative estimate of drug-likeness (QED) is 0.256. The highest BCUT2D eigenvalue weighted by atomic mass is 32.5. The number of hydrogen-bond donors (Lipinski definition) is 3. The lowest BCUT2D eigenvalue weighted by Crippen LogP contribution is -2.32. The number of carbonyl (C=O) groups excluding carboxylic acids is 1. The summed E-state index contributed by atoms with van der Waals surface area (Å²) in [6, 6.07) is 16.2. The fourth-order valence-electron chi connectivity index (χ4n) is 4.45. The minimum absolute atomic E-state index is 0.136. The highest BCUT2D eigenvalue weighted by Gasteiger charge is 2.65. The van der Waals surface area contributed by atoms with Crippen LogP contribution in [-0.4, -0.2) is 21.4 Å². The maximum Gasteiger partial charge on any atom is 0.310 e. The van der Waals surface area contributed by atoms with Crippen molar-refractivity contribution in [1.82, 2.24) is 0 Å². The number of nitrogens with two attached hydrogens (primary N) is 1. The number of nitrogens with one attached hydrogen (secondary N) is 2. The zero-order chi connectivity index (χ0) is 27.1.